The highest BCUT2D eigenvalue weighted by atomic mass is 19.1. The molecule has 2 aromatic rings. The molecule has 0 spiro atoms. The minimum Gasteiger partial charge on any atom is -0.268 e. The van der Waals surface area contributed by atoms with Crippen molar-refractivity contribution in [2.24, 2.45) is 7.05 Å². The van der Waals surface area contributed by atoms with Crippen LogP contribution in [0.25, 0.3) is 10.9 Å². The maximum absolute atomic E-state index is 12.9. The Balaban J connectivity index is 2.63. The average molecular weight is 178 g/mol. The van der Waals surface area contributed by atoms with Gasteiger partial charge < -0.3 is 0 Å². The summed E-state index contributed by atoms with van der Waals surface area (Å²) in [6, 6.07) is 5.54. The average Bonchev–Trinajstić information content (AvgIpc) is 2.47. The van der Waals surface area contributed by atoms with E-state index in [2.05, 4.69) is 5.10 Å². The second-order valence-electron chi connectivity index (χ2n) is 3.20. The summed E-state index contributed by atoms with van der Waals surface area (Å²) in [4.78, 5) is 0. The highest BCUT2D eigenvalue weighted by Gasteiger charge is 2.05. The van der Waals surface area contributed by atoms with Crippen molar-refractivity contribution >= 4 is 10.9 Å². The van der Waals surface area contributed by atoms with Gasteiger partial charge >= 0.3 is 0 Å². The van der Waals surface area contributed by atoms with E-state index in [4.69, 9.17) is 0 Å². The van der Waals surface area contributed by atoms with E-state index in [0.717, 1.165) is 10.9 Å². The Labute approximate surface area is 76.0 Å². The molecule has 0 N–H and O–H groups in total. The minimum absolute atomic E-state index is 0.709. The second-order valence-corrected chi connectivity index (χ2v) is 3.20. The van der Waals surface area contributed by atoms with Crippen LogP contribution in [0, 0.1) is 0 Å². The molecular formula is C10H11FN2. The zero-order valence-electron chi connectivity index (χ0n) is 7.66. The van der Waals surface area contributed by atoms with Gasteiger partial charge in [-0.2, -0.15) is 5.10 Å². The number of fused-ring (bicyclic) bond motifs is 1. The van der Waals surface area contributed by atoms with E-state index < -0.39 is 6.17 Å². The van der Waals surface area contributed by atoms with Gasteiger partial charge in [-0.15, -0.1) is 0 Å². The third-order valence-corrected chi connectivity index (χ3v) is 2.23. The summed E-state index contributed by atoms with van der Waals surface area (Å²) in [7, 11) is 1.88. The van der Waals surface area contributed by atoms with Gasteiger partial charge in [0, 0.05) is 12.4 Å². The van der Waals surface area contributed by atoms with Crippen molar-refractivity contribution in [2.45, 2.75) is 13.1 Å². The molecule has 0 saturated heterocycles. The Morgan fingerprint density at radius 1 is 1.46 bits per heavy atom. The molecule has 68 valence electrons. The fourth-order valence-electron chi connectivity index (χ4n) is 1.43. The zero-order valence-corrected chi connectivity index (χ0v) is 7.66. The van der Waals surface area contributed by atoms with Gasteiger partial charge in [0.2, 0.25) is 0 Å². The lowest BCUT2D eigenvalue weighted by atomic mass is 10.1. The summed E-state index contributed by atoms with van der Waals surface area (Å²) < 4.78 is 14.7. The molecule has 1 heterocycles. The molecule has 0 saturated carbocycles. The summed E-state index contributed by atoms with van der Waals surface area (Å²) in [6.45, 7) is 1.54. The van der Waals surface area contributed by atoms with Gasteiger partial charge in [0.15, 0.2) is 0 Å². The van der Waals surface area contributed by atoms with E-state index in [0.29, 0.717) is 5.56 Å². The predicted octanol–water partition coefficient (Wildman–Crippen LogP) is 2.60. The molecule has 0 bridgehead atoms. The van der Waals surface area contributed by atoms with E-state index in [-0.39, 0.29) is 0 Å². The Kier molecular flexibility index (Phi) is 1.79. The van der Waals surface area contributed by atoms with Crippen molar-refractivity contribution in [1.82, 2.24) is 9.78 Å². The normalized spacial score (nSPS) is 13.5. The van der Waals surface area contributed by atoms with E-state index in [1.807, 2.05) is 19.2 Å². The quantitative estimate of drug-likeness (QED) is 0.656. The third kappa shape index (κ3) is 1.30. The number of hydrogen-bond acceptors (Lipinski definition) is 1. The molecular weight excluding hydrogens is 167 g/mol. The molecule has 2 rings (SSSR count). The lowest BCUT2D eigenvalue weighted by Crippen LogP contribution is -1.89. The summed E-state index contributed by atoms with van der Waals surface area (Å²) in [5.74, 6) is 0. The van der Waals surface area contributed by atoms with Gasteiger partial charge in [0.25, 0.3) is 0 Å². The van der Waals surface area contributed by atoms with E-state index >= 15 is 0 Å². The zero-order chi connectivity index (χ0) is 9.42. The first-order valence-electron chi connectivity index (χ1n) is 4.24. The summed E-state index contributed by atoms with van der Waals surface area (Å²) in [5.41, 5.74) is 1.74. The first-order valence-corrected chi connectivity index (χ1v) is 4.24. The van der Waals surface area contributed by atoms with Gasteiger partial charge in [-0.1, -0.05) is 6.07 Å². The van der Waals surface area contributed by atoms with Crippen molar-refractivity contribution in [3.8, 4) is 0 Å². The molecule has 0 radical (unpaired) electrons. The molecule has 1 unspecified atom stereocenters. The Morgan fingerprint density at radius 2 is 2.23 bits per heavy atom. The van der Waals surface area contributed by atoms with Crippen LogP contribution in [0.3, 0.4) is 0 Å². The number of hydrogen-bond donors (Lipinski definition) is 0. The van der Waals surface area contributed by atoms with Crippen LogP contribution < -0.4 is 0 Å². The second kappa shape index (κ2) is 2.83. The SMILES string of the molecule is CC(F)c1ccc2c(cnn2C)c1. The van der Waals surface area contributed by atoms with Crippen LogP contribution in [0.4, 0.5) is 4.39 Å². The van der Waals surface area contributed by atoms with Crippen LogP contribution in [0.5, 0.6) is 0 Å². The molecule has 0 aliphatic rings. The summed E-state index contributed by atoms with van der Waals surface area (Å²) in [6.07, 6.45) is 0.839. The molecule has 1 aromatic carbocycles. The molecule has 1 aromatic heterocycles. The Morgan fingerprint density at radius 3 is 2.92 bits per heavy atom. The van der Waals surface area contributed by atoms with Crippen LogP contribution >= 0.6 is 0 Å². The van der Waals surface area contributed by atoms with E-state index in [9.17, 15) is 4.39 Å². The summed E-state index contributed by atoms with van der Waals surface area (Å²) >= 11 is 0. The number of benzene rings is 1. The number of halogens is 1. The Hall–Kier alpha value is -1.38. The lowest BCUT2D eigenvalue weighted by Gasteiger charge is -2.01. The van der Waals surface area contributed by atoms with Gasteiger partial charge in [-0.3, -0.25) is 4.68 Å². The van der Waals surface area contributed by atoms with Crippen LogP contribution in [0.1, 0.15) is 18.7 Å². The third-order valence-electron chi connectivity index (χ3n) is 2.23. The Bertz CT molecular complexity index is 431. The van der Waals surface area contributed by atoms with Crippen molar-refractivity contribution in [2.75, 3.05) is 0 Å². The number of aromatic nitrogens is 2. The lowest BCUT2D eigenvalue weighted by molar-refractivity contribution is 0.374. The minimum atomic E-state index is -0.912. The topological polar surface area (TPSA) is 17.8 Å². The molecule has 2 nitrogen and oxygen atoms in total. The van der Waals surface area contributed by atoms with Crippen molar-refractivity contribution in [1.29, 1.82) is 0 Å². The van der Waals surface area contributed by atoms with E-state index in [1.54, 1.807) is 16.9 Å². The molecule has 0 amide bonds. The fraction of sp³-hybridized carbons (Fsp3) is 0.300. The molecule has 0 fully saturated rings. The van der Waals surface area contributed by atoms with Crippen molar-refractivity contribution in [3.05, 3.63) is 30.0 Å². The van der Waals surface area contributed by atoms with Crippen LogP contribution in [0.15, 0.2) is 24.4 Å². The first-order chi connectivity index (χ1) is 6.18. The first kappa shape index (κ1) is 8.23. The van der Waals surface area contributed by atoms with Crippen molar-refractivity contribution in [3.63, 3.8) is 0 Å². The van der Waals surface area contributed by atoms with Crippen LogP contribution in [-0.4, -0.2) is 9.78 Å². The molecule has 1 atom stereocenters. The van der Waals surface area contributed by atoms with E-state index in [1.165, 1.54) is 6.92 Å². The maximum Gasteiger partial charge on any atom is 0.122 e. The predicted molar refractivity (Wildman–Crippen MR) is 50.2 cm³/mol. The van der Waals surface area contributed by atoms with Gasteiger partial charge in [-0.25, -0.2) is 4.39 Å². The van der Waals surface area contributed by atoms with Gasteiger partial charge in [0.1, 0.15) is 6.17 Å². The monoisotopic (exact) mass is 178 g/mol. The van der Waals surface area contributed by atoms with Crippen LogP contribution in [-0.2, 0) is 7.05 Å². The largest absolute Gasteiger partial charge is 0.268 e. The van der Waals surface area contributed by atoms with Crippen LogP contribution in [0.2, 0.25) is 0 Å². The molecule has 3 heteroatoms. The smallest absolute Gasteiger partial charge is 0.122 e. The highest BCUT2D eigenvalue weighted by Crippen LogP contribution is 2.21. The highest BCUT2D eigenvalue weighted by molar-refractivity contribution is 5.79. The molecule has 13 heavy (non-hydrogen) atoms. The van der Waals surface area contributed by atoms with Crippen molar-refractivity contribution < 1.29 is 4.39 Å². The summed E-state index contributed by atoms with van der Waals surface area (Å²) in [5, 5.41) is 5.08. The van der Waals surface area contributed by atoms with Gasteiger partial charge in [-0.05, 0) is 24.6 Å². The van der Waals surface area contributed by atoms with Gasteiger partial charge in [0.05, 0.1) is 11.7 Å². The molecule has 0 aliphatic carbocycles. The number of rotatable bonds is 1. The number of aryl methyl sites for hydroxylation is 1. The standard InChI is InChI=1S/C10H11FN2/c1-7(11)8-3-4-10-9(5-8)6-12-13(10)2/h3-7H,1-2H3. The maximum atomic E-state index is 12.9. The number of nitrogens with zero attached hydrogens (tertiary/aromatic N) is 2. The fourth-order valence-corrected chi connectivity index (χ4v) is 1.43. The molecule has 0 aliphatic heterocycles. The number of alkyl halides is 1.